The molecular formula is C16H18N2O3. The van der Waals surface area contributed by atoms with E-state index in [4.69, 9.17) is 15.7 Å². The average molecular weight is 286 g/mol. The lowest BCUT2D eigenvalue weighted by Crippen LogP contribution is -2.21. The van der Waals surface area contributed by atoms with E-state index in [1.54, 1.807) is 6.07 Å². The zero-order chi connectivity index (χ0) is 15.8. The molecule has 2 N–H and O–H groups in total. The SMILES string of the molecule is CC[C@@H](C(=O)OCC(=O)/C(C#N)=C(/C)N)c1ccccc1. The van der Waals surface area contributed by atoms with Crippen LogP contribution in [-0.2, 0) is 14.3 Å². The molecule has 0 aromatic heterocycles. The summed E-state index contributed by atoms with van der Waals surface area (Å²) >= 11 is 0. The van der Waals surface area contributed by atoms with Crippen molar-refractivity contribution >= 4 is 11.8 Å². The summed E-state index contributed by atoms with van der Waals surface area (Å²) in [5.74, 6) is -1.50. The number of benzene rings is 1. The molecule has 0 unspecified atom stereocenters. The largest absolute Gasteiger partial charge is 0.457 e. The first-order chi connectivity index (χ1) is 10.0. The van der Waals surface area contributed by atoms with Crippen LogP contribution in [0.1, 0.15) is 31.7 Å². The average Bonchev–Trinajstić information content (AvgIpc) is 2.47. The number of nitrogens with two attached hydrogens (primary N) is 1. The molecule has 1 rings (SSSR count). The predicted octanol–water partition coefficient (Wildman–Crippen LogP) is 2.05. The minimum absolute atomic E-state index is 0.119. The number of esters is 1. The fourth-order valence-corrected chi connectivity index (χ4v) is 1.90. The Hall–Kier alpha value is -2.61. The van der Waals surface area contributed by atoms with Crippen LogP contribution >= 0.6 is 0 Å². The highest BCUT2D eigenvalue weighted by Crippen LogP contribution is 2.20. The lowest BCUT2D eigenvalue weighted by molar-refractivity contribution is -0.148. The summed E-state index contributed by atoms with van der Waals surface area (Å²) in [6.07, 6.45) is 0.563. The number of nitriles is 1. The summed E-state index contributed by atoms with van der Waals surface area (Å²) < 4.78 is 5.01. The van der Waals surface area contributed by atoms with E-state index in [9.17, 15) is 9.59 Å². The van der Waals surface area contributed by atoms with Crippen molar-refractivity contribution in [3.63, 3.8) is 0 Å². The number of rotatable bonds is 6. The Labute approximate surface area is 124 Å². The molecule has 0 aliphatic carbocycles. The zero-order valence-corrected chi connectivity index (χ0v) is 12.1. The predicted molar refractivity (Wildman–Crippen MR) is 77.9 cm³/mol. The van der Waals surface area contributed by atoms with Gasteiger partial charge in [-0.2, -0.15) is 5.26 Å². The van der Waals surface area contributed by atoms with Gasteiger partial charge in [-0.3, -0.25) is 9.59 Å². The van der Waals surface area contributed by atoms with Gasteiger partial charge in [-0.05, 0) is 18.9 Å². The van der Waals surface area contributed by atoms with Crippen LogP contribution in [0.25, 0.3) is 0 Å². The molecule has 0 saturated heterocycles. The van der Waals surface area contributed by atoms with Crippen LogP contribution in [0.3, 0.4) is 0 Å². The summed E-state index contributed by atoms with van der Waals surface area (Å²) in [6, 6.07) is 10.9. The van der Waals surface area contributed by atoms with Gasteiger partial charge in [0.05, 0.1) is 5.92 Å². The highest BCUT2D eigenvalue weighted by Gasteiger charge is 2.22. The maximum Gasteiger partial charge on any atom is 0.313 e. The van der Waals surface area contributed by atoms with Crippen LogP contribution < -0.4 is 5.73 Å². The third kappa shape index (κ3) is 4.46. The molecule has 0 saturated carbocycles. The fourth-order valence-electron chi connectivity index (χ4n) is 1.90. The highest BCUT2D eigenvalue weighted by molar-refractivity contribution is 6.01. The number of carbonyl (C=O) groups excluding carboxylic acids is 2. The molecule has 0 aliphatic rings. The van der Waals surface area contributed by atoms with Crippen LogP contribution in [0.2, 0.25) is 0 Å². The standard InChI is InChI=1S/C16H18N2O3/c1-3-13(12-7-5-4-6-8-12)16(20)21-10-15(19)14(9-17)11(2)18/h4-8,13H,3,10,18H2,1-2H3/b14-11-/t13-/m1/s1. The van der Waals surface area contributed by atoms with Crippen molar-refractivity contribution in [1.82, 2.24) is 0 Å². The van der Waals surface area contributed by atoms with Crippen molar-refractivity contribution in [3.8, 4) is 6.07 Å². The van der Waals surface area contributed by atoms with Gasteiger partial charge in [-0.15, -0.1) is 0 Å². The monoisotopic (exact) mass is 286 g/mol. The molecule has 0 fully saturated rings. The third-order valence-electron chi connectivity index (χ3n) is 3.03. The van der Waals surface area contributed by atoms with E-state index in [1.165, 1.54) is 6.92 Å². The van der Waals surface area contributed by atoms with Crippen molar-refractivity contribution in [2.45, 2.75) is 26.2 Å². The van der Waals surface area contributed by atoms with Crippen LogP contribution in [-0.4, -0.2) is 18.4 Å². The van der Waals surface area contributed by atoms with E-state index < -0.39 is 24.3 Å². The van der Waals surface area contributed by atoms with Gasteiger partial charge >= 0.3 is 5.97 Å². The van der Waals surface area contributed by atoms with Crippen molar-refractivity contribution in [2.24, 2.45) is 5.73 Å². The third-order valence-corrected chi connectivity index (χ3v) is 3.03. The van der Waals surface area contributed by atoms with E-state index in [0.717, 1.165) is 5.56 Å². The van der Waals surface area contributed by atoms with E-state index in [0.29, 0.717) is 6.42 Å². The molecule has 0 amide bonds. The molecule has 0 heterocycles. The second-order valence-electron chi connectivity index (χ2n) is 4.57. The number of Topliss-reactive ketones (excluding diaryl/α,β-unsaturated/α-hetero) is 1. The summed E-state index contributed by atoms with van der Waals surface area (Å²) in [7, 11) is 0. The quantitative estimate of drug-likeness (QED) is 0.490. The Kier molecular flexibility index (Phi) is 6.15. The van der Waals surface area contributed by atoms with Crippen LogP contribution in [0.15, 0.2) is 41.6 Å². The van der Waals surface area contributed by atoms with E-state index >= 15 is 0 Å². The summed E-state index contributed by atoms with van der Waals surface area (Å²) in [4.78, 5) is 23.8. The summed E-state index contributed by atoms with van der Waals surface area (Å²) in [5.41, 5.74) is 6.21. The van der Waals surface area contributed by atoms with Gasteiger partial charge in [-0.25, -0.2) is 0 Å². The highest BCUT2D eigenvalue weighted by atomic mass is 16.5. The molecule has 1 aromatic rings. The molecule has 5 heteroatoms. The first-order valence-corrected chi connectivity index (χ1v) is 6.62. The van der Waals surface area contributed by atoms with Gasteiger partial charge in [0.15, 0.2) is 6.61 Å². The summed E-state index contributed by atoms with van der Waals surface area (Å²) in [6.45, 7) is 2.85. The maximum absolute atomic E-state index is 12.1. The minimum atomic E-state index is -0.589. The molecule has 5 nitrogen and oxygen atoms in total. The van der Waals surface area contributed by atoms with Crippen molar-refractivity contribution in [2.75, 3.05) is 6.61 Å². The van der Waals surface area contributed by atoms with Crippen molar-refractivity contribution in [3.05, 3.63) is 47.2 Å². The van der Waals surface area contributed by atoms with Gasteiger partial charge in [0.2, 0.25) is 5.78 Å². The van der Waals surface area contributed by atoms with Gasteiger partial charge in [0, 0.05) is 5.70 Å². The van der Waals surface area contributed by atoms with Gasteiger partial charge < -0.3 is 10.5 Å². The molecular weight excluding hydrogens is 268 g/mol. The second kappa shape index (κ2) is 7.85. The Morgan fingerprint density at radius 3 is 2.43 bits per heavy atom. The zero-order valence-electron chi connectivity index (χ0n) is 12.1. The lowest BCUT2D eigenvalue weighted by Gasteiger charge is -2.14. The molecule has 0 bridgehead atoms. The van der Waals surface area contributed by atoms with Gasteiger partial charge in [0.1, 0.15) is 11.6 Å². The van der Waals surface area contributed by atoms with Crippen molar-refractivity contribution < 1.29 is 14.3 Å². The molecule has 0 aliphatic heterocycles. The van der Waals surface area contributed by atoms with Gasteiger partial charge in [-0.1, -0.05) is 37.3 Å². The smallest absolute Gasteiger partial charge is 0.313 e. The number of carbonyl (C=O) groups is 2. The van der Waals surface area contributed by atoms with Crippen molar-refractivity contribution in [1.29, 1.82) is 5.26 Å². The first kappa shape index (κ1) is 16.4. The molecule has 0 spiro atoms. The van der Waals surface area contributed by atoms with Crippen LogP contribution in [0.5, 0.6) is 0 Å². The minimum Gasteiger partial charge on any atom is -0.457 e. The number of nitrogens with zero attached hydrogens (tertiary/aromatic N) is 1. The Morgan fingerprint density at radius 1 is 1.33 bits per heavy atom. The van der Waals surface area contributed by atoms with Gasteiger partial charge in [0.25, 0.3) is 0 Å². The van der Waals surface area contributed by atoms with E-state index in [-0.39, 0.29) is 11.3 Å². The first-order valence-electron chi connectivity index (χ1n) is 6.62. The molecule has 1 atom stereocenters. The second-order valence-corrected chi connectivity index (χ2v) is 4.57. The number of ether oxygens (including phenoxy) is 1. The Balaban J connectivity index is 2.71. The number of allylic oxidation sites excluding steroid dienone is 1. The topological polar surface area (TPSA) is 93.2 Å². The van der Waals surface area contributed by atoms with E-state index in [2.05, 4.69) is 0 Å². The Bertz CT molecular complexity index is 581. The number of hydrogen-bond acceptors (Lipinski definition) is 5. The molecule has 1 aromatic carbocycles. The van der Waals surface area contributed by atoms with Crippen LogP contribution in [0, 0.1) is 11.3 Å². The maximum atomic E-state index is 12.1. The normalized spacial score (nSPS) is 12.8. The fraction of sp³-hybridized carbons (Fsp3) is 0.312. The molecule has 110 valence electrons. The molecule has 21 heavy (non-hydrogen) atoms. The Morgan fingerprint density at radius 2 is 1.95 bits per heavy atom. The lowest BCUT2D eigenvalue weighted by atomic mass is 9.97. The number of hydrogen-bond donors (Lipinski definition) is 1. The number of ketones is 1. The van der Waals surface area contributed by atoms with E-state index in [1.807, 2.05) is 37.3 Å². The van der Waals surface area contributed by atoms with Crippen LogP contribution in [0.4, 0.5) is 0 Å². The summed E-state index contributed by atoms with van der Waals surface area (Å²) in [5, 5.41) is 8.82. The molecule has 0 radical (unpaired) electrons.